The minimum Gasteiger partial charge on any atom is -0.340 e. The van der Waals surface area contributed by atoms with E-state index in [1.807, 2.05) is 25.7 Å². The molecule has 4 nitrogen and oxygen atoms in total. The lowest BCUT2D eigenvalue weighted by molar-refractivity contribution is -0.155. The topological polar surface area (TPSA) is 49.4 Å². The van der Waals surface area contributed by atoms with E-state index in [2.05, 4.69) is 12.2 Å². The van der Waals surface area contributed by atoms with E-state index in [-0.39, 0.29) is 17.9 Å². The molecule has 0 aromatic heterocycles. The molecule has 0 radical (unpaired) electrons. The summed E-state index contributed by atoms with van der Waals surface area (Å²) in [7, 11) is 0. The summed E-state index contributed by atoms with van der Waals surface area (Å²) in [6, 6.07) is -0.281. The number of carbonyl (C=O) groups excluding carboxylic acids is 2. The Kier molecular flexibility index (Phi) is 4.95. The first-order valence-electron chi connectivity index (χ1n) is 8.54. The van der Waals surface area contributed by atoms with E-state index < -0.39 is 5.54 Å². The number of carbonyl (C=O) groups is 2. The maximum absolute atomic E-state index is 12.8. The molecule has 120 valence electrons. The number of amides is 2. The van der Waals surface area contributed by atoms with Gasteiger partial charge in [0.25, 0.3) is 0 Å². The minimum absolute atomic E-state index is 0.0191. The largest absolute Gasteiger partial charge is 0.340 e. The molecule has 1 heterocycles. The van der Waals surface area contributed by atoms with Gasteiger partial charge in [0.05, 0.1) is 0 Å². The molecular weight excluding hydrogens is 264 g/mol. The minimum atomic E-state index is -0.718. The highest BCUT2D eigenvalue weighted by Crippen LogP contribution is 2.31. The number of hydrogen-bond donors (Lipinski definition) is 1. The predicted octanol–water partition coefficient (Wildman–Crippen LogP) is 2.72. The molecule has 2 fully saturated rings. The van der Waals surface area contributed by atoms with Crippen LogP contribution in [0.15, 0.2) is 0 Å². The normalized spacial score (nSPS) is 37.5. The van der Waals surface area contributed by atoms with E-state index in [0.29, 0.717) is 18.8 Å². The zero-order chi connectivity index (χ0) is 15.6. The van der Waals surface area contributed by atoms with E-state index in [4.69, 9.17) is 0 Å². The third-order valence-corrected chi connectivity index (χ3v) is 5.49. The Morgan fingerprint density at radius 3 is 2.33 bits per heavy atom. The van der Waals surface area contributed by atoms with Crippen LogP contribution >= 0.6 is 0 Å². The van der Waals surface area contributed by atoms with Crippen molar-refractivity contribution in [3.63, 3.8) is 0 Å². The van der Waals surface area contributed by atoms with Gasteiger partial charge in [-0.1, -0.05) is 33.6 Å². The van der Waals surface area contributed by atoms with Crippen molar-refractivity contribution in [1.82, 2.24) is 10.2 Å². The molecule has 0 bridgehead atoms. The Bertz CT molecular complexity index is 402. The summed E-state index contributed by atoms with van der Waals surface area (Å²) < 4.78 is 0. The van der Waals surface area contributed by atoms with Gasteiger partial charge in [-0.05, 0) is 44.4 Å². The van der Waals surface area contributed by atoms with Crippen LogP contribution in [0.1, 0.15) is 66.2 Å². The van der Waals surface area contributed by atoms with Crippen molar-refractivity contribution in [1.29, 1.82) is 0 Å². The van der Waals surface area contributed by atoms with E-state index in [1.54, 1.807) is 0 Å². The van der Waals surface area contributed by atoms with Crippen molar-refractivity contribution in [2.24, 2.45) is 11.8 Å². The highest BCUT2D eigenvalue weighted by atomic mass is 16.2. The van der Waals surface area contributed by atoms with Crippen LogP contribution in [0.3, 0.4) is 0 Å². The lowest BCUT2D eigenvalue weighted by atomic mass is 9.81. The first-order valence-corrected chi connectivity index (χ1v) is 8.54. The molecule has 2 aliphatic rings. The summed E-state index contributed by atoms with van der Waals surface area (Å²) in [6.45, 7) is 8.87. The predicted molar refractivity (Wildman–Crippen MR) is 83.8 cm³/mol. The van der Waals surface area contributed by atoms with Crippen LogP contribution in [0, 0.1) is 11.8 Å². The summed E-state index contributed by atoms with van der Waals surface area (Å²) in [5, 5.41) is 2.94. The molecule has 2 rings (SSSR count). The van der Waals surface area contributed by atoms with Gasteiger partial charge in [0, 0.05) is 6.54 Å². The summed E-state index contributed by atoms with van der Waals surface area (Å²) in [5.74, 6) is 1.50. The quantitative estimate of drug-likeness (QED) is 0.866. The van der Waals surface area contributed by atoms with Crippen LogP contribution in [0.4, 0.5) is 0 Å². The summed E-state index contributed by atoms with van der Waals surface area (Å²) in [6.07, 6.45) is 6.21. The number of nitrogens with zero attached hydrogens (tertiary/aromatic N) is 1. The first kappa shape index (κ1) is 16.3. The number of hydrogen-bond acceptors (Lipinski definition) is 2. The zero-order valence-corrected chi connectivity index (χ0v) is 13.9. The van der Waals surface area contributed by atoms with Gasteiger partial charge in [-0.25, -0.2) is 0 Å². The zero-order valence-electron chi connectivity index (χ0n) is 13.9. The molecule has 1 N–H and O–H groups in total. The smallest absolute Gasteiger partial charge is 0.248 e. The molecule has 1 aliphatic heterocycles. The molecule has 4 heteroatoms. The molecular formula is C17H30N2O2. The molecule has 21 heavy (non-hydrogen) atoms. The van der Waals surface area contributed by atoms with Crippen LogP contribution in [-0.2, 0) is 9.59 Å². The maximum Gasteiger partial charge on any atom is 0.248 e. The van der Waals surface area contributed by atoms with Gasteiger partial charge in [-0.3, -0.25) is 9.59 Å². The summed E-state index contributed by atoms with van der Waals surface area (Å²) >= 11 is 0. The fourth-order valence-corrected chi connectivity index (χ4v) is 3.65. The lowest BCUT2D eigenvalue weighted by Crippen LogP contribution is -2.69. The average Bonchev–Trinajstić information content (AvgIpc) is 2.47. The summed E-state index contributed by atoms with van der Waals surface area (Å²) in [5.41, 5.74) is -0.718. The van der Waals surface area contributed by atoms with Crippen LogP contribution in [0.2, 0.25) is 0 Å². The molecule has 1 aliphatic carbocycles. The molecule has 1 saturated heterocycles. The Balaban J connectivity index is 2.12. The SMILES string of the molecule is CCC1C(=O)NC(C)(CC)C(=O)N1CC1CCC(C)CC1. The van der Waals surface area contributed by atoms with E-state index in [1.165, 1.54) is 25.7 Å². The molecule has 2 amide bonds. The second-order valence-electron chi connectivity index (χ2n) is 7.18. The molecule has 2 atom stereocenters. The standard InChI is InChI=1S/C17H30N2O2/c1-5-14-15(20)18-17(4,6-2)16(21)19(14)11-13-9-7-12(3)8-10-13/h12-14H,5-11H2,1-4H3,(H,18,20). The number of nitrogens with one attached hydrogen (secondary N) is 1. The van der Waals surface area contributed by atoms with Crippen molar-refractivity contribution in [3.8, 4) is 0 Å². The highest BCUT2D eigenvalue weighted by molar-refractivity contribution is 5.99. The monoisotopic (exact) mass is 294 g/mol. The van der Waals surface area contributed by atoms with Crippen LogP contribution in [0.25, 0.3) is 0 Å². The number of rotatable bonds is 4. The van der Waals surface area contributed by atoms with Crippen molar-refractivity contribution >= 4 is 11.8 Å². The Morgan fingerprint density at radius 1 is 1.19 bits per heavy atom. The van der Waals surface area contributed by atoms with Gasteiger partial charge in [0.15, 0.2) is 0 Å². The molecule has 0 aromatic rings. The van der Waals surface area contributed by atoms with Crippen molar-refractivity contribution < 1.29 is 9.59 Å². The average molecular weight is 294 g/mol. The summed E-state index contributed by atoms with van der Waals surface area (Å²) in [4.78, 5) is 27.1. The first-order chi connectivity index (χ1) is 9.91. The van der Waals surface area contributed by atoms with Gasteiger partial charge in [0.1, 0.15) is 11.6 Å². The second kappa shape index (κ2) is 6.37. The highest BCUT2D eigenvalue weighted by Gasteiger charge is 2.46. The van der Waals surface area contributed by atoms with Gasteiger partial charge >= 0.3 is 0 Å². The van der Waals surface area contributed by atoms with Gasteiger partial charge in [-0.2, -0.15) is 0 Å². The van der Waals surface area contributed by atoms with E-state index in [0.717, 1.165) is 12.5 Å². The van der Waals surface area contributed by atoms with Crippen molar-refractivity contribution in [2.75, 3.05) is 6.54 Å². The fraction of sp³-hybridized carbons (Fsp3) is 0.882. The molecule has 0 spiro atoms. The Hall–Kier alpha value is -1.06. The van der Waals surface area contributed by atoms with Crippen molar-refractivity contribution in [2.45, 2.75) is 77.8 Å². The third-order valence-electron chi connectivity index (χ3n) is 5.49. The maximum atomic E-state index is 12.8. The van der Waals surface area contributed by atoms with Crippen molar-refractivity contribution in [3.05, 3.63) is 0 Å². The molecule has 0 aromatic carbocycles. The van der Waals surface area contributed by atoms with E-state index in [9.17, 15) is 9.59 Å². The lowest BCUT2D eigenvalue weighted by Gasteiger charge is -2.45. The Labute approximate surface area is 128 Å². The molecule has 1 saturated carbocycles. The van der Waals surface area contributed by atoms with Gasteiger partial charge in [-0.15, -0.1) is 0 Å². The van der Waals surface area contributed by atoms with Gasteiger partial charge in [0.2, 0.25) is 11.8 Å². The fourth-order valence-electron chi connectivity index (χ4n) is 3.65. The van der Waals surface area contributed by atoms with Gasteiger partial charge < -0.3 is 10.2 Å². The second-order valence-corrected chi connectivity index (χ2v) is 7.18. The van der Waals surface area contributed by atoms with E-state index >= 15 is 0 Å². The van der Waals surface area contributed by atoms with Crippen LogP contribution in [-0.4, -0.2) is 34.8 Å². The van der Waals surface area contributed by atoms with Crippen LogP contribution < -0.4 is 5.32 Å². The third kappa shape index (κ3) is 3.24. The number of piperazine rings is 1. The molecule has 2 unspecified atom stereocenters. The van der Waals surface area contributed by atoms with Crippen LogP contribution in [0.5, 0.6) is 0 Å². The Morgan fingerprint density at radius 2 is 1.81 bits per heavy atom.